The average molecular weight is 368 g/mol. The molecule has 0 spiro atoms. The van der Waals surface area contributed by atoms with Gasteiger partial charge in [-0.25, -0.2) is 0 Å². The van der Waals surface area contributed by atoms with E-state index in [1.807, 2.05) is 32.0 Å². The molecule has 0 aliphatic carbocycles. The van der Waals surface area contributed by atoms with E-state index in [0.717, 1.165) is 16.0 Å². The number of nitrogens with one attached hydrogen (secondary N) is 1. The zero-order valence-corrected chi connectivity index (χ0v) is 14.5. The zero-order chi connectivity index (χ0) is 15.2. The highest BCUT2D eigenvalue weighted by molar-refractivity contribution is 9.11. The molecule has 2 aromatic heterocycles. The molecule has 2 heterocycles. The highest BCUT2D eigenvalue weighted by Gasteiger charge is 2.14. The number of nitrogens with zero attached hydrogens (tertiary/aromatic N) is 2. The van der Waals surface area contributed by atoms with Gasteiger partial charge in [-0.05, 0) is 54.0 Å². The Morgan fingerprint density at radius 1 is 1.33 bits per heavy atom. The summed E-state index contributed by atoms with van der Waals surface area (Å²) < 4.78 is 1.12. The van der Waals surface area contributed by atoms with E-state index in [2.05, 4.69) is 32.3 Å². The van der Waals surface area contributed by atoms with E-state index in [1.54, 1.807) is 22.4 Å². The fourth-order valence-electron chi connectivity index (χ4n) is 1.97. The minimum atomic E-state index is -0.0254. The largest absolute Gasteiger partial charge is 0.380 e. The van der Waals surface area contributed by atoms with E-state index in [-0.39, 0.29) is 5.91 Å². The summed E-state index contributed by atoms with van der Waals surface area (Å²) in [6.45, 7) is 6.06. The molecular weight excluding hydrogens is 350 g/mol. The zero-order valence-electron chi connectivity index (χ0n) is 12.1. The lowest BCUT2D eigenvalue weighted by Crippen LogP contribution is -2.31. The number of anilines is 1. The van der Waals surface area contributed by atoms with Gasteiger partial charge in [0.15, 0.2) is 0 Å². The van der Waals surface area contributed by atoms with Crippen LogP contribution in [0.4, 0.5) is 5.69 Å². The van der Waals surface area contributed by atoms with E-state index in [9.17, 15) is 4.79 Å². The molecule has 0 bridgehead atoms. The summed E-state index contributed by atoms with van der Waals surface area (Å²) in [6.07, 6.45) is 1.67. The Labute approximate surface area is 137 Å². The second kappa shape index (κ2) is 7.56. The monoisotopic (exact) mass is 367 g/mol. The maximum atomic E-state index is 12.3. The lowest BCUT2D eigenvalue weighted by molar-refractivity contribution is 0.0767. The van der Waals surface area contributed by atoms with Crippen LogP contribution in [0.1, 0.15) is 29.2 Å². The Balaban J connectivity index is 2.05. The molecule has 2 aromatic rings. The molecule has 2 rings (SSSR count). The fraction of sp³-hybridized carbons (Fsp3) is 0.333. The summed E-state index contributed by atoms with van der Waals surface area (Å²) in [5.41, 5.74) is 1.39. The number of hydrogen-bond acceptors (Lipinski definition) is 4. The SMILES string of the molecule is CCN(CC)C(=O)c1cc(NCc2ccc(Br)s2)ccn1. The van der Waals surface area contributed by atoms with Crippen molar-refractivity contribution in [1.29, 1.82) is 0 Å². The maximum absolute atomic E-state index is 12.3. The molecule has 0 saturated carbocycles. The number of aromatic nitrogens is 1. The van der Waals surface area contributed by atoms with Crippen molar-refractivity contribution >= 4 is 38.9 Å². The summed E-state index contributed by atoms with van der Waals surface area (Å²) in [4.78, 5) is 19.4. The maximum Gasteiger partial charge on any atom is 0.272 e. The van der Waals surface area contributed by atoms with Crippen molar-refractivity contribution in [2.75, 3.05) is 18.4 Å². The van der Waals surface area contributed by atoms with Gasteiger partial charge in [-0.15, -0.1) is 11.3 Å². The number of rotatable bonds is 6. The summed E-state index contributed by atoms with van der Waals surface area (Å²) in [5.74, 6) is -0.0254. The first-order valence-electron chi connectivity index (χ1n) is 6.87. The number of hydrogen-bond donors (Lipinski definition) is 1. The topological polar surface area (TPSA) is 45.2 Å². The van der Waals surface area contributed by atoms with Crippen LogP contribution >= 0.6 is 27.3 Å². The van der Waals surface area contributed by atoms with Crippen LogP contribution in [0.5, 0.6) is 0 Å². The highest BCUT2D eigenvalue weighted by Crippen LogP contribution is 2.23. The van der Waals surface area contributed by atoms with Crippen molar-refractivity contribution in [1.82, 2.24) is 9.88 Å². The Morgan fingerprint density at radius 2 is 2.10 bits per heavy atom. The van der Waals surface area contributed by atoms with Crippen LogP contribution in [0, 0.1) is 0 Å². The van der Waals surface area contributed by atoms with E-state index >= 15 is 0 Å². The van der Waals surface area contributed by atoms with Gasteiger partial charge in [0.2, 0.25) is 0 Å². The number of amides is 1. The van der Waals surface area contributed by atoms with Crippen LogP contribution in [-0.4, -0.2) is 28.9 Å². The number of thiophene rings is 1. The molecule has 0 unspecified atom stereocenters. The van der Waals surface area contributed by atoms with Crippen LogP contribution < -0.4 is 5.32 Å². The van der Waals surface area contributed by atoms with E-state index in [0.29, 0.717) is 18.8 Å². The number of carbonyl (C=O) groups is 1. The number of pyridine rings is 1. The third kappa shape index (κ3) is 4.28. The van der Waals surface area contributed by atoms with Crippen LogP contribution in [0.15, 0.2) is 34.2 Å². The smallest absolute Gasteiger partial charge is 0.272 e. The van der Waals surface area contributed by atoms with Crippen molar-refractivity contribution in [2.45, 2.75) is 20.4 Å². The minimum Gasteiger partial charge on any atom is -0.380 e. The lowest BCUT2D eigenvalue weighted by Gasteiger charge is -2.18. The summed E-state index contributed by atoms with van der Waals surface area (Å²) in [7, 11) is 0. The second-order valence-corrected chi connectivity index (χ2v) is 7.01. The molecule has 0 aliphatic rings. The molecule has 4 nitrogen and oxygen atoms in total. The van der Waals surface area contributed by atoms with Crippen LogP contribution in [-0.2, 0) is 6.54 Å². The van der Waals surface area contributed by atoms with Crippen molar-refractivity contribution in [3.8, 4) is 0 Å². The minimum absolute atomic E-state index is 0.0254. The van der Waals surface area contributed by atoms with Crippen LogP contribution in [0.25, 0.3) is 0 Å². The van der Waals surface area contributed by atoms with Gasteiger partial charge in [-0.1, -0.05) is 0 Å². The second-order valence-electron chi connectivity index (χ2n) is 4.47. The van der Waals surface area contributed by atoms with Gasteiger partial charge in [-0.2, -0.15) is 0 Å². The number of halogens is 1. The van der Waals surface area contributed by atoms with E-state index in [1.165, 1.54) is 4.88 Å². The molecule has 1 N–H and O–H groups in total. The van der Waals surface area contributed by atoms with Crippen molar-refractivity contribution in [3.63, 3.8) is 0 Å². The molecule has 0 fully saturated rings. The summed E-state index contributed by atoms with van der Waals surface area (Å²) in [6, 6.07) is 7.79. The molecule has 1 amide bonds. The molecule has 21 heavy (non-hydrogen) atoms. The lowest BCUT2D eigenvalue weighted by atomic mass is 10.2. The normalized spacial score (nSPS) is 10.4. The van der Waals surface area contributed by atoms with Crippen LogP contribution in [0.2, 0.25) is 0 Å². The Bertz CT molecular complexity index is 610. The molecule has 0 saturated heterocycles. The first-order chi connectivity index (χ1) is 10.1. The molecular formula is C15H18BrN3OS. The van der Waals surface area contributed by atoms with Gasteiger partial charge < -0.3 is 10.2 Å². The van der Waals surface area contributed by atoms with Gasteiger partial charge in [0.1, 0.15) is 5.69 Å². The third-order valence-electron chi connectivity index (χ3n) is 3.13. The molecule has 0 aromatic carbocycles. The van der Waals surface area contributed by atoms with Crippen LogP contribution in [0.3, 0.4) is 0 Å². The average Bonchev–Trinajstić information content (AvgIpc) is 2.92. The Kier molecular flexibility index (Phi) is 5.76. The molecule has 6 heteroatoms. The van der Waals surface area contributed by atoms with Gasteiger partial charge in [0, 0.05) is 36.4 Å². The molecule has 112 valence electrons. The van der Waals surface area contributed by atoms with Gasteiger partial charge in [0.25, 0.3) is 5.91 Å². The fourth-order valence-corrected chi connectivity index (χ4v) is 3.39. The Hall–Kier alpha value is -1.40. The molecule has 0 radical (unpaired) electrons. The predicted octanol–water partition coefficient (Wildman–Crippen LogP) is 4.00. The summed E-state index contributed by atoms with van der Waals surface area (Å²) >= 11 is 5.14. The third-order valence-corrected chi connectivity index (χ3v) is 4.75. The summed E-state index contributed by atoms with van der Waals surface area (Å²) in [5, 5.41) is 3.32. The highest BCUT2D eigenvalue weighted by atomic mass is 79.9. The first kappa shape index (κ1) is 16.0. The molecule has 0 aliphatic heterocycles. The number of carbonyl (C=O) groups excluding carboxylic acids is 1. The van der Waals surface area contributed by atoms with Crippen molar-refractivity contribution < 1.29 is 4.79 Å². The Morgan fingerprint density at radius 3 is 2.71 bits per heavy atom. The quantitative estimate of drug-likeness (QED) is 0.838. The van der Waals surface area contributed by atoms with Gasteiger partial charge in [0.05, 0.1) is 3.79 Å². The van der Waals surface area contributed by atoms with Gasteiger partial charge >= 0.3 is 0 Å². The predicted molar refractivity (Wildman–Crippen MR) is 90.8 cm³/mol. The van der Waals surface area contributed by atoms with Gasteiger partial charge in [-0.3, -0.25) is 9.78 Å². The molecule has 0 atom stereocenters. The standard InChI is InChI=1S/C15H18BrN3OS/c1-3-19(4-2)15(20)13-9-11(7-8-17-13)18-10-12-5-6-14(16)21-12/h5-9H,3-4,10H2,1-2H3,(H,17,18). The van der Waals surface area contributed by atoms with E-state index < -0.39 is 0 Å². The van der Waals surface area contributed by atoms with E-state index in [4.69, 9.17) is 0 Å². The van der Waals surface area contributed by atoms with Crippen molar-refractivity contribution in [2.24, 2.45) is 0 Å². The van der Waals surface area contributed by atoms with Crippen molar-refractivity contribution in [3.05, 3.63) is 44.8 Å². The first-order valence-corrected chi connectivity index (χ1v) is 8.48.